The summed E-state index contributed by atoms with van der Waals surface area (Å²) >= 11 is 7.30. The molecule has 114 valence electrons. The third-order valence-electron chi connectivity index (χ3n) is 3.78. The maximum absolute atomic E-state index is 6.00. The van der Waals surface area contributed by atoms with Gasteiger partial charge < -0.3 is 5.73 Å². The second kappa shape index (κ2) is 7.56. The summed E-state index contributed by atoms with van der Waals surface area (Å²) in [4.78, 5) is 0. The van der Waals surface area contributed by atoms with Crippen LogP contribution in [0, 0.1) is 5.92 Å². The van der Waals surface area contributed by atoms with E-state index >= 15 is 0 Å². The Morgan fingerprint density at radius 2 is 1.95 bits per heavy atom. The molecule has 0 amide bonds. The van der Waals surface area contributed by atoms with Crippen molar-refractivity contribution in [3.05, 3.63) is 50.2 Å². The van der Waals surface area contributed by atoms with Gasteiger partial charge in [0.25, 0.3) is 0 Å². The quantitative estimate of drug-likeness (QED) is 0.779. The minimum atomic E-state index is 0.403. The molecule has 1 aromatic heterocycles. The van der Waals surface area contributed by atoms with Crippen LogP contribution in [0.15, 0.2) is 33.2 Å². The van der Waals surface area contributed by atoms with Gasteiger partial charge in [-0.25, -0.2) is 0 Å². The third-order valence-corrected chi connectivity index (χ3v) is 5.47. The van der Waals surface area contributed by atoms with E-state index in [1.165, 1.54) is 11.3 Å². The van der Waals surface area contributed by atoms with Crippen LogP contribution in [-0.2, 0) is 26.3 Å². The van der Waals surface area contributed by atoms with Gasteiger partial charge in [-0.2, -0.15) is 5.10 Å². The minimum absolute atomic E-state index is 0.403. The molecule has 0 aliphatic carbocycles. The zero-order valence-corrected chi connectivity index (χ0v) is 15.6. The summed E-state index contributed by atoms with van der Waals surface area (Å²) < 4.78 is 4.27. The number of benzene rings is 1. The van der Waals surface area contributed by atoms with E-state index in [9.17, 15) is 0 Å². The summed E-state index contributed by atoms with van der Waals surface area (Å²) in [5.74, 6) is 0.403. The van der Waals surface area contributed by atoms with E-state index in [-0.39, 0.29) is 0 Å². The van der Waals surface area contributed by atoms with Gasteiger partial charge in [0.05, 0.1) is 15.9 Å². The Labute approximate surface area is 143 Å². The third kappa shape index (κ3) is 3.96. The fraction of sp³-hybridized carbons (Fsp3) is 0.438. The van der Waals surface area contributed by atoms with E-state index in [4.69, 9.17) is 5.73 Å². The summed E-state index contributed by atoms with van der Waals surface area (Å²) in [5, 5.41) is 4.56. The van der Waals surface area contributed by atoms with Crippen molar-refractivity contribution in [2.45, 2.75) is 26.2 Å². The number of hydrogen-bond acceptors (Lipinski definition) is 2. The summed E-state index contributed by atoms with van der Waals surface area (Å²) in [6, 6.07) is 8.35. The number of nitrogens with zero attached hydrogens (tertiary/aromatic N) is 2. The van der Waals surface area contributed by atoms with E-state index in [0.29, 0.717) is 12.5 Å². The first kappa shape index (κ1) is 16.7. The topological polar surface area (TPSA) is 43.8 Å². The molecule has 0 bridgehead atoms. The molecule has 2 rings (SSSR count). The van der Waals surface area contributed by atoms with Gasteiger partial charge in [0.15, 0.2) is 0 Å². The lowest BCUT2D eigenvalue weighted by atomic mass is 9.94. The first-order chi connectivity index (χ1) is 10.1. The summed E-state index contributed by atoms with van der Waals surface area (Å²) in [5.41, 5.74) is 9.65. The average Bonchev–Trinajstić information content (AvgIpc) is 2.75. The molecule has 0 saturated heterocycles. The van der Waals surface area contributed by atoms with Gasteiger partial charge in [-0.05, 0) is 59.3 Å². The van der Waals surface area contributed by atoms with Gasteiger partial charge in [0.2, 0.25) is 0 Å². The summed E-state index contributed by atoms with van der Waals surface area (Å²) in [7, 11) is 2.01. The smallest absolute Gasteiger partial charge is 0.0766 e. The van der Waals surface area contributed by atoms with E-state index in [2.05, 4.69) is 62.1 Å². The number of rotatable bonds is 6. The standard InChI is InChI=1S/C16H21Br2N3/c1-3-14-16(18)15(21(2)20-14)9-11(10-19)8-12-6-4-5-7-13(12)17/h4-7,11H,3,8-10,19H2,1-2H3. The lowest BCUT2D eigenvalue weighted by Gasteiger charge is -2.16. The van der Waals surface area contributed by atoms with E-state index < -0.39 is 0 Å². The van der Waals surface area contributed by atoms with Gasteiger partial charge in [-0.15, -0.1) is 0 Å². The van der Waals surface area contributed by atoms with E-state index in [1.807, 2.05) is 17.8 Å². The van der Waals surface area contributed by atoms with Crippen LogP contribution >= 0.6 is 31.9 Å². The molecule has 5 heteroatoms. The van der Waals surface area contributed by atoms with E-state index in [1.54, 1.807) is 0 Å². The van der Waals surface area contributed by atoms with Gasteiger partial charge in [-0.3, -0.25) is 4.68 Å². The van der Waals surface area contributed by atoms with Gasteiger partial charge in [0, 0.05) is 11.5 Å². The molecule has 1 atom stereocenters. The van der Waals surface area contributed by atoms with Gasteiger partial charge in [0.1, 0.15) is 0 Å². The highest BCUT2D eigenvalue weighted by Crippen LogP contribution is 2.26. The predicted molar refractivity (Wildman–Crippen MR) is 94.4 cm³/mol. The highest BCUT2D eigenvalue weighted by Gasteiger charge is 2.18. The Bertz CT molecular complexity index is 608. The highest BCUT2D eigenvalue weighted by molar-refractivity contribution is 9.10. The van der Waals surface area contributed by atoms with Crippen molar-refractivity contribution in [3.8, 4) is 0 Å². The molecule has 0 aliphatic rings. The summed E-state index contributed by atoms with van der Waals surface area (Å²) in [6.45, 7) is 2.79. The molecule has 21 heavy (non-hydrogen) atoms. The van der Waals surface area contributed by atoms with Crippen LogP contribution < -0.4 is 5.73 Å². The Hall–Kier alpha value is -0.650. The SMILES string of the molecule is CCc1nn(C)c(CC(CN)Cc2ccccc2Br)c1Br. The lowest BCUT2D eigenvalue weighted by molar-refractivity contribution is 0.509. The lowest BCUT2D eigenvalue weighted by Crippen LogP contribution is -2.21. The highest BCUT2D eigenvalue weighted by atomic mass is 79.9. The van der Waals surface area contributed by atoms with Gasteiger partial charge >= 0.3 is 0 Å². The normalized spacial score (nSPS) is 12.6. The first-order valence-corrected chi connectivity index (χ1v) is 8.79. The minimum Gasteiger partial charge on any atom is -0.330 e. The molecule has 1 heterocycles. The summed E-state index contributed by atoms with van der Waals surface area (Å²) in [6.07, 6.45) is 2.84. The number of aryl methyl sites for hydroxylation is 2. The number of aromatic nitrogens is 2. The Morgan fingerprint density at radius 1 is 1.24 bits per heavy atom. The van der Waals surface area contributed by atoms with Crippen LogP contribution in [-0.4, -0.2) is 16.3 Å². The average molecular weight is 415 g/mol. The molecule has 3 nitrogen and oxygen atoms in total. The molecule has 0 spiro atoms. The molecule has 0 radical (unpaired) electrons. The number of hydrogen-bond donors (Lipinski definition) is 1. The Balaban J connectivity index is 2.16. The van der Waals surface area contributed by atoms with Crippen molar-refractivity contribution < 1.29 is 0 Å². The second-order valence-corrected chi connectivity index (χ2v) is 6.93. The van der Waals surface area contributed by atoms with Crippen LogP contribution in [0.5, 0.6) is 0 Å². The van der Waals surface area contributed by atoms with Gasteiger partial charge in [-0.1, -0.05) is 41.1 Å². The number of halogens is 2. The van der Waals surface area contributed by atoms with Crippen LogP contribution in [0.3, 0.4) is 0 Å². The molecular formula is C16H21Br2N3. The second-order valence-electron chi connectivity index (χ2n) is 5.29. The van der Waals surface area contributed by atoms with Crippen molar-refractivity contribution in [3.63, 3.8) is 0 Å². The van der Waals surface area contributed by atoms with Crippen LogP contribution in [0.4, 0.5) is 0 Å². The van der Waals surface area contributed by atoms with Crippen LogP contribution in [0.25, 0.3) is 0 Å². The van der Waals surface area contributed by atoms with Crippen molar-refractivity contribution >= 4 is 31.9 Å². The van der Waals surface area contributed by atoms with Crippen LogP contribution in [0.1, 0.15) is 23.9 Å². The van der Waals surface area contributed by atoms with Crippen molar-refractivity contribution in [2.24, 2.45) is 18.7 Å². The fourth-order valence-corrected chi connectivity index (χ4v) is 3.75. The Kier molecular flexibility index (Phi) is 6.02. The predicted octanol–water partition coefficient (Wildman–Crippen LogP) is 3.87. The monoisotopic (exact) mass is 413 g/mol. The zero-order chi connectivity index (χ0) is 15.4. The van der Waals surface area contributed by atoms with Crippen molar-refractivity contribution in [1.29, 1.82) is 0 Å². The molecule has 0 saturated carbocycles. The maximum Gasteiger partial charge on any atom is 0.0766 e. The van der Waals surface area contributed by atoms with Crippen molar-refractivity contribution in [1.82, 2.24) is 9.78 Å². The fourth-order valence-electron chi connectivity index (χ4n) is 2.53. The molecule has 1 aromatic carbocycles. The molecule has 1 unspecified atom stereocenters. The number of nitrogens with two attached hydrogens (primary N) is 1. The van der Waals surface area contributed by atoms with Crippen LogP contribution in [0.2, 0.25) is 0 Å². The molecule has 2 N–H and O–H groups in total. The molecule has 0 aliphatic heterocycles. The zero-order valence-electron chi connectivity index (χ0n) is 12.4. The molecular weight excluding hydrogens is 394 g/mol. The Morgan fingerprint density at radius 3 is 2.52 bits per heavy atom. The largest absolute Gasteiger partial charge is 0.330 e. The molecule has 2 aromatic rings. The van der Waals surface area contributed by atoms with Crippen molar-refractivity contribution in [2.75, 3.05) is 6.54 Å². The van der Waals surface area contributed by atoms with E-state index in [0.717, 1.165) is 33.9 Å². The molecule has 0 fully saturated rings. The first-order valence-electron chi connectivity index (χ1n) is 7.20. The maximum atomic E-state index is 6.00.